The number of carbonyl (C=O) groups excluding carboxylic acids is 1. The average molecular weight is 546 g/mol. The number of nitrogens with one attached hydrogen (secondary N) is 1. The number of nitrogens with zero attached hydrogens (tertiary/aromatic N) is 4. The number of amides is 1. The van der Waals surface area contributed by atoms with Crippen molar-refractivity contribution in [2.45, 2.75) is 63.5 Å². The minimum atomic E-state index is 0.0130. The lowest BCUT2D eigenvalue weighted by atomic mass is 9.83. The molecule has 3 aliphatic rings. The van der Waals surface area contributed by atoms with Crippen molar-refractivity contribution in [1.82, 2.24) is 19.8 Å². The van der Waals surface area contributed by atoms with Crippen LogP contribution in [0.2, 0.25) is 0 Å². The topological polar surface area (TPSA) is 70.6 Å². The molecule has 7 nitrogen and oxygen atoms in total. The Balaban J connectivity index is 1.13. The van der Waals surface area contributed by atoms with Crippen molar-refractivity contribution in [2.75, 3.05) is 39.1 Å². The van der Waals surface area contributed by atoms with Gasteiger partial charge in [-0.15, -0.1) is 11.3 Å². The molecule has 1 N–H and O–H groups in total. The van der Waals surface area contributed by atoms with Crippen LogP contribution in [-0.4, -0.2) is 71.6 Å². The summed E-state index contributed by atoms with van der Waals surface area (Å²) in [5, 5.41) is 5.71. The molecule has 3 aromatic rings. The summed E-state index contributed by atoms with van der Waals surface area (Å²) in [6, 6.07) is 8.95. The second-order valence-electron chi connectivity index (χ2n) is 11.3. The number of aromatic nitrogens is 2. The average Bonchev–Trinajstić information content (AvgIpc) is 3.71. The minimum Gasteiger partial charge on any atom is -0.496 e. The number of likely N-dealkylation sites (tertiary alicyclic amines) is 1. The normalized spacial score (nSPS) is 18.5. The monoisotopic (exact) mass is 545 g/mol. The molecule has 3 heterocycles. The summed E-state index contributed by atoms with van der Waals surface area (Å²) in [5.74, 6) is 1.49. The summed E-state index contributed by atoms with van der Waals surface area (Å²) in [6.07, 6.45) is 13.7. The van der Waals surface area contributed by atoms with E-state index < -0.39 is 0 Å². The van der Waals surface area contributed by atoms with E-state index in [2.05, 4.69) is 26.6 Å². The number of thiophene rings is 1. The number of benzene rings is 1. The molecule has 0 atom stereocenters. The Morgan fingerprint density at radius 2 is 1.90 bits per heavy atom. The molecule has 6 rings (SSSR count). The highest BCUT2D eigenvalue weighted by molar-refractivity contribution is 7.14. The van der Waals surface area contributed by atoms with Crippen LogP contribution in [0.5, 0.6) is 5.75 Å². The van der Waals surface area contributed by atoms with Crippen LogP contribution in [0, 0.1) is 5.92 Å². The van der Waals surface area contributed by atoms with Crippen molar-refractivity contribution in [2.24, 2.45) is 5.92 Å². The van der Waals surface area contributed by atoms with Gasteiger partial charge in [-0.2, -0.15) is 0 Å². The van der Waals surface area contributed by atoms with E-state index in [9.17, 15) is 4.79 Å². The Kier molecular flexibility index (Phi) is 7.84. The van der Waals surface area contributed by atoms with Crippen LogP contribution in [0.3, 0.4) is 0 Å². The van der Waals surface area contributed by atoms with Crippen molar-refractivity contribution in [3.63, 3.8) is 0 Å². The molecule has 206 valence electrons. The van der Waals surface area contributed by atoms with E-state index in [0.717, 1.165) is 72.0 Å². The predicted octanol–water partition coefficient (Wildman–Crippen LogP) is 6.18. The van der Waals surface area contributed by atoms with Crippen molar-refractivity contribution in [3.8, 4) is 27.6 Å². The highest BCUT2D eigenvalue weighted by Gasteiger charge is 2.34. The molecular weight excluding hydrogens is 506 g/mol. The molecule has 0 unspecified atom stereocenters. The second kappa shape index (κ2) is 11.6. The van der Waals surface area contributed by atoms with Gasteiger partial charge < -0.3 is 19.9 Å². The fourth-order valence-corrected chi connectivity index (χ4v) is 6.67. The summed E-state index contributed by atoms with van der Waals surface area (Å²) in [6.45, 7) is 3.19. The van der Waals surface area contributed by atoms with Gasteiger partial charge in [-0.05, 0) is 56.2 Å². The molecule has 1 amide bonds. The standard InChI is InChI=1S/C31H39N5O2S/c1-35(24-11-14-36(15-12-24)25-7-8-25)31(37)26-9-6-22(16-29(26)38-2)27-18-32-19-28(34-27)30-17-23(20-39-30)33-13-10-21-4-3-5-21/h6,9,16-21,24-25,33H,3-5,7-8,10-15H2,1-2H3. The van der Waals surface area contributed by atoms with Gasteiger partial charge in [-0.1, -0.05) is 25.3 Å². The van der Waals surface area contributed by atoms with Gasteiger partial charge in [0.2, 0.25) is 0 Å². The molecule has 8 heteroatoms. The summed E-state index contributed by atoms with van der Waals surface area (Å²) in [7, 11) is 3.55. The zero-order valence-corrected chi connectivity index (χ0v) is 23.9. The van der Waals surface area contributed by atoms with Crippen LogP contribution in [0.1, 0.15) is 61.7 Å². The maximum absolute atomic E-state index is 13.5. The van der Waals surface area contributed by atoms with Gasteiger partial charge in [0.25, 0.3) is 5.91 Å². The molecule has 2 aliphatic carbocycles. The number of hydrogen-bond donors (Lipinski definition) is 1. The summed E-state index contributed by atoms with van der Waals surface area (Å²) < 4.78 is 5.70. The molecule has 0 bridgehead atoms. The summed E-state index contributed by atoms with van der Waals surface area (Å²) >= 11 is 1.68. The van der Waals surface area contributed by atoms with Crippen LogP contribution >= 0.6 is 11.3 Å². The van der Waals surface area contributed by atoms with E-state index in [-0.39, 0.29) is 11.9 Å². The van der Waals surface area contributed by atoms with E-state index in [1.54, 1.807) is 24.6 Å². The third-order valence-electron chi connectivity index (χ3n) is 8.75. The van der Waals surface area contributed by atoms with E-state index in [0.29, 0.717) is 11.3 Å². The van der Waals surface area contributed by atoms with Gasteiger partial charge >= 0.3 is 0 Å². The Hall–Kier alpha value is -2.97. The molecule has 0 radical (unpaired) electrons. The molecule has 2 aromatic heterocycles. The van der Waals surface area contributed by atoms with Gasteiger partial charge in [-0.25, -0.2) is 4.98 Å². The van der Waals surface area contributed by atoms with Crippen LogP contribution in [0.25, 0.3) is 21.8 Å². The quantitative estimate of drug-likeness (QED) is 0.328. The highest BCUT2D eigenvalue weighted by Crippen LogP contribution is 2.34. The fraction of sp³-hybridized carbons (Fsp3) is 0.516. The first-order valence-electron chi connectivity index (χ1n) is 14.4. The lowest BCUT2D eigenvalue weighted by molar-refractivity contribution is 0.0633. The Bertz CT molecular complexity index is 1290. The molecular formula is C31H39N5O2S. The van der Waals surface area contributed by atoms with Gasteiger partial charge in [0.05, 0.1) is 41.3 Å². The molecule has 1 aliphatic heterocycles. The highest BCUT2D eigenvalue weighted by atomic mass is 32.1. The van der Waals surface area contributed by atoms with Gasteiger partial charge in [0, 0.05) is 55.4 Å². The molecule has 3 fully saturated rings. The number of ether oxygens (including phenoxy) is 1. The zero-order chi connectivity index (χ0) is 26.8. The predicted molar refractivity (Wildman–Crippen MR) is 157 cm³/mol. The van der Waals surface area contributed by atoms with Crippen molar-refractivity contribution in [3.05, 3.63) is 47.6 Å². The van der Waals surface area contributed by atoms with Crippen LogP contribution in [0.15, 0.2) is 42.0 Å². The van der Waals surface area contributed by atoms with E-state index in [1.807, 2.05) is 36.3 Å². The van der Waals surface area contributed by atoms with E-state index in [1.165, 1.54) is 38.5 Å². The third kappa shape index (κ3) is 5.97. The largest absolute Gasteiger partial charge is 0.496 e. The number of piperidine rings is 1. The minimum absolute atomic E-state index is 0.0130. The second-order valence-corrected chi connectivity index (χ2v) is 12.2. The lowest BCUT2D eigenvalue weighted by Gasteiger charge is -2.37. The number of hydrogen-bond acceptors (Lipinski definition) is 7. The Morgan fingerprint density at radius 1 is 1.10 bits per heavy atom. The number of carbonyl (C=O) groups is 1. The molecule has 39 heavy (non-hydrogen) atoms. The number of anilines is 1. The third-order valence-corrected chi connectivity index (χ3v) is 9.70. The zero-order valence-electron chi connectivity index (χ0n) is 23.1. The smallest absolute Gasteiger partial charge is 0.257 e. The summed E-state index contributed by atoms with van der Waals surface area (Å²) in [4.78, 5) is 28.4. The SMILES string of the molecule is COc1cc(-c2cncc(-c3cc(NCCC4CCC4)cs3)n2)ccc1C(=O)N(C)C1CCN(C2CC2)CC1. The maximum Gasteiger partial charge on any atom is 0.257 e. The lowest BCUT2D eigenvalue weighted by Crippen LogP contribution is -2.46. The molecule has 0 spiro atoms. The maximum atomic E-state index is 13.5. The van der Waals surface area contributed by atoms with Crippen LogP contribution in [0.4, 0.5) is 5.69 Å². The van der Waals surface area contributed by atoms with Crippen molar-refractivity contribution < 1.29 is 9.53 Å². The Morgan fingerprint density at radius 3 is 2.62 bits per heavy atom. The van der Waals surface area contributed by atoms with Gasteiger partial charge in [0.1, 0.15) is 5.75 Å². The first kappa shape index (κ1) is 26.3. The van der Waals surface area contributed by atoms with Gasteiger partial charge in [-0.3, -0.25) is 9.78 Å². The van der Waals surface area contributed by atoms with Crippen molar-refractivity contribution >= 4 is 22.9 Å². The van der Waals surface area contributed by atoms with Crippen LogP contribution in [-0.2, 0) is 0 Å². The molecule has 1 aromatic carbocycles. The molecule has 1 saturated heterocycles. The Labute approximate surface area is 235 Å². The first-order chi connectivity index (χ1) is 19.1. The number of methoxy groups -OCH3 is 1. The number of rotatable bonds is 10. The van der Waals surface area contributed by atoms with E-state index >= 15 is 0 Å². The van der Waals surface area contributed by atoms with Crippen molar-refractivity contribution in [1.29, 1.82) is 0 Å². The summed E-state index contributed by atoms with van der Waals surface area (Å²) in [5.41, 5.74) is 4.23. The van der Waals surface area contributed by atoms with Crippen LogP contribution < -0.4 is 10.1 Å². The fourth-order valence-electron chi connectivity index (χ4n) is 5.85. The molecule has 2 saturated carbocycles. The first-order valence-corrected chi connectivity index (χ1v) is 15.3. The van der Waals surface area contributed by atoms with E-state index in [4.69, 9.17) is 9.72 Å². The van der Waals surface area contributed by atoms with Gasteiger partial charge in [0.15, 0.2) is 0 Å².